The van der Waals surface area contributed by atoms with Gasteiger partial charge < -0.3 is 20.9 Å². The molecule has 0 aromatic heterocycles. The van der Waals surface area contributed by atoms with Gasteiger partial charge in [-0.05, 0) is 45.1 Å². The van der Waals surface area contributed by atoms with Gasteiger partial charge in [0.1, 0.15) is 12.1 Å². The van der Waals surface area contributed by atoms with E-state index in [9.17, 15) is 19.2 Å². The normalized spacial score (nSPS) is 19.2. The first kappa shape index (κ1) is 29.2. The number of hydrogen-bond acceptors (Lipinski definition) is 6. The molecule has 33 heavy (non-hydrogen) atoms. The Hall–Kier alpha value is -1.81. The molecule has 190 valence electrons. The lowest BCUT2D eigenvalue weighted by Gasteiger charge is -2.32. The van der Waals surface area contributed by atoms with Crippen LogP contribution >= 0.6 is 12.6 Å². The molecule has 1 aliphatic rings. The van der Waals surface area contributed by atoms with Gasteiger partial charge in [0.15, 0.2) is 0 Å². The molecule has 0 aliphatic carbocycles. The van der Waals surface area contributed by atoms with Crippen LogP contribution in [0.25, 0.3) is 0 Å². The summed E-state index contributed by atoms with van der Waals surface area (Å²) in [5.74, 6) is -0.900. The van der Waals surface area contributed by atoms with Crippen molar-refractivity contribution in [2.24, 2.45) is 11.3 Å². The Labute approximate surface area is 204 Å². The highest BCUT2D eigenvalue weighted by molar-refractivity contribution is 7.81. The number of carbonyl (C=O) groups is 4. The van der Waals surface area contributed by atoms with E-state index in [0.717, 1.165) is 0 Å². The lowest BCUT2D eigenvalue weighted by molar-refractivity contribution is -0.134. The summed E-state index contributed by atoms with van der Waals surface area (Å²) in [5.41, 5.74) is -1.07. The first-order chi connectivity index (χ1) is 15.0. The Balaban J connectivity index is 2.81. The SMILES string of the molecule is CNC(=O)[C@@H](NC(=O)[C@H](CC(C)C)NC(=O)[C@@H](S)CCN1CN(C)C(C)(C)C1=O)C(C)(C)C. The van der Waals surface area contributed by atoms with Gasteiger partial charge in [0.25, 0.3) is 0 Å². The third-order valence-corrected chi connectivity index (χ3v) is 6.62. The molecule has 1 heterocycles. The molecule has 10 heteroatoms. The van der Waals surface area contributed by atoms with Crippen molar-refractivity contribution < 1.29 is 19.2 Å². The highest BCUT2D eigenvalue weighted by Gasteiger charge is 2.43. The molecular formula is C23H43N5O4S. The summed E-state index contributed by atoms with van der Waals surface area (Å²) >= 11 is 4.43. The Kier molecular flexibility index (Phi) is 10.2. The van der Waals surface area contributed by atoms with E-state index in [2.05, 4.69) is 28.6 Å². The number of amides is 4. The molecule has 1 saturated heterocycles. The third-order valence-electron chi connectivity index (χ3n) is 6.12. The molecule has 0 bridgehead atoms. The van der Waals surface area contributed by atoms with E-state index in [1.54, 1.807) is 4.90 Å². The van der Waals surface area contributed by atoms with E-state index in [4.69, 9.17) is 0 Å². The van der Waals surface area contributed by atoms with Gasteiger partial charge in [-0.2, -0.15) is 12.6 Å². The van der Waals surface area contributed by atoms with Crippen LogP contribution in [0.2, 0.25) is 0 Å². The van der Waals surface area contributed by atoms with Crippen molar-refractivity contribution in [2.45, 2.75) is 84.2 Å². The summed E-state index contributed by atoms with van der Waals surface area (Å²) in [6, 6.07) is -1.53. The topological polar surface area (TPSA) is 111 Å². The monoisotopic (exact) mass is 485 g/mol. The van der Waals surface area contributed by atoms with Gasteiger partial charge in [0.05, 0.1) is 17.5 Å². The fourth-order valence-corrected chi connectivity index (χ4v) is 3.85. The number of rotatable bonds is 10. The van der Waals surface area contributed by atoms with Crippen molar-refractivity contribution >= 4 is 36.3 Å². The second kappa shape index (κ2) is 11.6. The lowest BCUT2D eigenvalue weighted by Crippen LogP contribution is -2.58. The minimum absolute atomic E-state index is 0.0189. The van der Waals surface area contributed by atoms with Crippen LogP contribution < -0.4 is 16.0 Å². The molecule has 0 aromatic carbocycles. The minimum Gasteiger partial charge on any atom is -0.357 e. The van der Waals surface area contributed by atoms with Gasteiger partial charge in [-0.25, -0.2) is 0 Å². The molecule has 0 aromatic rings. The number of hydrogen-bond donors (Lipinski definition) is 4. The van der Waals surface area contributed by atoms with Crippen molar-refractivity contribution in [1.29, 1.82) is 0 Å². The van der Waals surface area contributed by atoms with Crippen LogP contribution in [-0.4, -0.2) is 83.6 Å². The first-order valence-electron chi connectivity index (χ1n) is 11.5. The Morgan fingerprint density at radius 1 is 1.09 bits per heavy atom. The van der Waals surface area contributed by atoms with E-state index in [1.807, 2.05) is 60.4 Å². The van der Waals surface area contributed by atoms with Crippen LogP contribution in [0.15, 0.2) is 0 Å². The van der Waals surface area contributed by atoms with Crippen molar-refractivity contribution in [1.82, 2.24) is 25.8 Å². The summed E-state index contributed by atoms with van der Waals surface area (Å²) in [4.78, 5) is 54.4. The first-order valence-corrected chi connectivity index (χ1v) is 12.0. The van der Waals surface area contributed by atoms with E-state index >= 15 is 0 Å². The predicted molar refractivity (Wildman–Crippen MR) is 133 cm³/mol. The fourth-order valence-electron chi connectivity index (χ4n) is 3.66. The molecule has 0 spiro atoms. The van der Waals surface area contributed by atoms with E-state index in [-0.39, 0.29) is 23.6 Å². The number of carbonyl (C=O) groups excluding carboxylic acids is 4. The molecule has 0 radical (unpaired) electrons. The standard InChI is InChI=1S/C23H43N5O4S/c1-14(2)12-15(18(29)26-17(20(31)24-8)22(3,4)5)25-19(30)16(33)10-11-28-13-27(9)23(6,7)21(28)32/h14-17,33H,10-13H2,1-9H3,(H,24,31)(H,25,30)(H,26,29)/t15-,16-,17+/m0/s1. The molecular weight excluding hydrogens is 442 g/mol. The van der Waals surface area contributed by atoms with Gasteiger partial charge in [-0.3, -0.25) is 24.1 Å². The summed E-state index contributed by atoms with van der Waals surface area (Å²) in [7, 11) is 3.41. The predicted octanol–water partition coefficient (Wildman–Crippen LogP) is 0.993. The van der Waals surface area contributed by atoms with Crippen LogP contribution in [0, 0.1) is 11.3 Å². The molecule has 0 unspecified atom stereocenters. The highest BCUT2D eigenvalue weighted by Crippen LogP contribution is 2.24. The molecule has 1 aliphatic heterocycles. The maximum Gasteiger partial charge on any atom is 0.243 e. The van der Waals surface area contributed by atoms with Crippen molar-refractivity contribution in [2.75, 3.05) is 27.3 Å². The Morgan fingerprint density at radius 3 is 2.09 bits per heavy atom. The molecule has 3 atom stereocenters. The highest BCUT2D eigenvalue weighted by atomic mass is 32.1. The van der Waals surface area contributed by atoms with Gasteiger partial charge in [0.2, 0.25) is 23.6 Å². The average Bonchev–Trinajstić information content (AvgIpc) is 2.89. The smallest absolute Gasteiger partial charge is 0.243 e. The third kappa shape index (κ3) is 7.88. The molecule has 4 amide bonds. The molecule has 0 saturated carbocycles. The summed E-state index contributed by atoms with van der Waals surface area (Å²) in [5, 5.41) is 7.51. The Morgan fingerprint density at radius 2 is 1.67 bits per heavy atom. The van der Waals surface area contributed by atoms with Gasteiger partial charge in [-0.1, -0.05) is 34.6 Å². The molecule has 3 N–H and O–H groups in total. The summed E-state index contributed by atoms with van der Waals surface area (Å²) in [6.07, 6.45) is 0.787. The van der Waals surface area contributed by atoms with E-state index in [0.29, 0.717) is 26.1 Å². The minimum atomic E-state index is -0.792. The van der Waals surface area contributed by atoms with Crippen LogP contribution in [0.4, 0.5) is 0 Å². The van der Waals surface area contributed by atoms with Crippen molar-refractivity contribution in [3.05, 3.63) is 0 Å². The van der Waals surface area contributed by atoms with Gasteiger partial charge in [0, 0.05) is 13.6 Å². The second-order valence-corrected chi connectivity index (χ2v) is 11.5. The fraction of sp³-hybridized carbons (Fsp3) is 0.826. The van der Waals surface area contributed by atoms with Crippen LogP contribution in [0.3, 0.4) is 0 Å². The second-order valence-electron chi connectivity index (χ2n) is 10.9. The van der Waals surface area contributed by atoms with Crippen molar-refractivity contribution in [3.8, 4) is 0 Å². The largest absolute Gasteiger partial charge is 0.357 e. The Bertz CT molecular complexity index is 735. The van der Waals surface area contributed by atoms with Gasteiger partial charge in [-0.15, -0.1) is 0 Å². The lowest BCUT2D eigenvalue weighted by atomic mass is 9.85. The number of nitrogens with zero attached hydrogens (tertiary/aromatic N) is 2. The molecule has 9 nitrogen and oxygen atoms in total. The van der Waals surface area contributed by atoms with Gasteiger partial charge >= 0.3 is 0 Å². The zero-order chi connectivity index (χ0) is 25.7. The molecule has 1 fully saturated rings. The average molecular weight is 486 g/mol. The van der Waals surface area contributed by atoms with E-state index in [1.165, 1.54) is 7.05 Å². The quantitative estimate of drug-likeness (QED) is 0.345. The zero-order valence-corrected chi connectivity index (χ0v) is 22.5. The maximum absolute atomic E-state index is 13.0. The number of nitrogens with one attached hydrogen (secondary N) is 3. The summed E-state index contributed by atoms with van der Waals surface area (Å²) in [6.45, 7) is 14.2. The summed E-state index contributed by atoms with van der Waals surface area (Å²) < 4.78 is 0. The maximum atomic E-state index is 13.0. The zero-order valence-electron chi connectivity index (χ0n) is 21.6. The number of likely N-dealkylation sites (N-methyl/N-ethyl adjacent to an activating group) is 2. The van der Waals surface area contributed by atoms with Crippen LogP contribution in [-0.2, 0) is 19.2 Å². The molecule has 1 rings (SSSR count). The van der Waals surface area contributed by atoms with Crippen LogP contribution in [0.5, 0.6) is 0 Å². The van der Waals surface area contributed by atoms with Crippen molar-refractivity contribution in [3.63, 3.8) is 0 Å². The van der Waals surface area contributed by atoms with E-state index < -0.39 is 34.2 Å². The number of thiol groups is 1. The van der Waals surface area contributed by atoms with Crippen LogP contribution in [0.1, 0.15) is 61.3 Å².